The van der Waals surface area contributed by atoms with Gasteiger partial charge in [0.15, 0.2) is 0 Å². The predicted octanol–water partition coefficient (Wildman–Crippen LogP) is 3.35. The van der Waals surface area contributed by atoms with Crippen LogP contribution in [0.3, 0.4) is 0 Å². The molecule has 0 N–H and O–H groups in total. The number of sulfonamides is 1. The van der Waals surface area contributed by atoms with Crippen molar-refractivity contribution in [2.45, 2.75) is 24.3 Å². The summed E-state index contributed by atoms with van der Waals surface area (Å²) in [5.41, 5.74) is 0. The molecule has 1 atom stereocenters. The largest absolute Gasteiger partial charge is 0.243 e. The molecule has 1 unspecified atom stereocenters. The van der Waals surface area contributed by atoms with Crippen molar-refractivity contribution >= 4 is 37.7 Å². The Hall–Kier alpha value is -0.110. The summed E-state index contributed by atoms with van der Waals surface area (Å²) < 4.78 is 39.9. The van der Waals surface area contributed by atoms with Crippen LogP contribution >= 0.6 is 27.7 Å². The van der Waals surface area contributed by atoms with Gasteiger partial charge in [0.1, 0.15) is 5.82 Å². The molecule has 3 nitrogen and oxygen atoms in total. The molecule has 0 fully saturated rings. The Labute approximate surface area is 126 Å². The number of hydrogen-bond acceptors (Lipinski definition) is 3. The van der Waals surface area contributed by atoms with Gasteiger partial charge < -0.3 is 0 Å². The molecule has 0 saturated carbocycles. The monoisotopic (exact) mass is 369 g/mol. The summed E-state index contributed by atoms with van der Waals surface area (Å²) in [6.45, 7) is 1.94. The van der Waals surface area contributed by atoms with Crippen molar-refractivity contribution in [3.05, 3.63) is 28.5 Å². The number of halogens is 2. The summed E-state index contributed by atoms with van der Waals surface area (Å²) in [6.07, 6.45) is 2.65. The van der Waals surface area contributed by atoms with Gasteiger partial charge in [0.25, 0.3) is 0 Å². The summed E-state index contributed by atoms with van der Waals surface area (Å²) in [5, 5.41) is 0. The fraction of sp³-hybridized carbons (Fsp3) is 0.500. The highest BCUT2D eigenvalue weighted by molar-refractivity contribution is 9.10. The van der Waals surface area contributed by atoms with Crippen LogP contribution in [0.15, 0.2) is 27.6 Å². The van der Waals surface area contributed by atoms with Crippen molar-refractivity contribution < 1.29 is 12.8 Å². The van der Waals surface area contributed by atoms with Gasteiger partial charge in [-0.2, -0.15) is 16.1 Å². The third-order valence-corrected chi connectivity index (χ3v) is 6.18. The molecule has 0 saturated heterocycles. The lowest BCUT2D eigenvalue weighted by molar-refractivity contribution is 0.385. The van der Waals surface area contributed by atoms with Gasteiger partial charge in [0.2, 0.25) is 10.0 Å². The van der Waals surface area contributed by atoms with E-state index in [2.05, 4.69) is 15.9 Å². The van der Waals surface area contributed by atoms with Gasteiger partial charge in [-0.25, -0.2) is 12.8 Å². The third kappa shape index (κ3) is 3.93. The van der Waals surface area contributed by atoms with Crippen molar-refractivity contribution in [2.24, 2.45) is 0 Å². The van der Waals surface area contributed by atoms with Gasteiger partial charge in [0.05, 0.1) is 9.37 Å². The minimum absolute atomic E-state index is 0.0183. The lowest BCUT2D eigenvalue weighted by Gasteiger charge is -2.26. The predicted molar refractivity (Wildman–Crippen MR) is 81.5 cm³/mol. The number of benzene rings is 1. The van der Waals surface area contributed by atoms with E-state index in [1.54, 1.807) is 18.8 Å². The van der Waals surface area contributed by atoms with Crippen LogP contribution in [0.1, 0.15) is 13.3 Å². The molecule has 0 heterocycles. The first-order valence-electron chi connectivity index (χ1n) is 5.76. The highest BCUT2D eigenvalue weighted by atomic mass is 79.9. The molecule has 1 aromatic rings. The van der Waals surface area contributed by atoms with Gasteiger partial charge in [-0.3, -0.25) is 0 Å². The second-order valence-corrected chi connectivity index (χ2v) is 7.88. The van der Waals surface area contributed by atoms with Crippen LogP contribution in [0.5, 0.6) is 0 Å². The average Bonchev–Trinajstić information content (AvgIpc) is 2.38. The standard InChI is InChI=1S/C12H17BrFNO2S2/c1-4-9(8-18-3)15(2)19(16,17)10-5-6-11(13)12(14)7-10/h5-7,9H,4,8H2,1-3H3. The summed E-state index contributed by atoms with van der Waals surface area (Å²) in [5.74, 6) is 0.137. The van der Waals surface area contributed by atoms with Crippen LogP contribution < -0.4 is 0 Å². The number of rotatable bonds is 6. The first kappa shape index (κ1) is 16.9. The van der Waals surface area contributed by atoms with Crippen LogP contribution in [0.2, 0.25) is 0 Å². The molecule has 0 bridgehead atoms. The molecule has 0 spiro atoms. The maximum Gasteiger partial charge on any atom is 0.243 e. The zero-order chi connectivity index (χ0) is 14.6. The molecule has 19 heavy (non-hydrogen) atoms. The maximum absolute atomic E-state index is 13.5. The molecule has 0 radical (unpaired) electrons. The molecule has 0 amide bonds. The Morgan fingerprint density at radius 2 is 2.11 bits per heavy atom. The SMILES string of the molecule is CCC(CSC)N(C)S(=O)(=O)c1ccc(Br)c(F)c1. The summed E-state index contributed by atoms with van der Waals surface area (Å²) in [7, 11) is -2.11. The minimum Gasteiger partial charge on any atom is -0.207 e. The minimum atomic E-state index is -3.65. The number of nitrogens with zero attached hydrogens (tertiary/aromatic N) is 1. The highest BCUT2D eigenvalue weighted by Gasteiger charge is 2.27. The quantitative estimate of drug-likeness (QED) is 0.771. The zero-order valence-corrected chi connectivity index (χ0v) is 14.3. The molecule has 1 rings (SSSR count). The second-order valence-electron chi connectivity index (χ2n) is 4.11. The van der Waals surface area contributed by atoms with E-state index < -0.39 is 15.8 Å². The lowest BCUT2D eigenvalue weighted by Crippen LogP contribution is -2.38. The second kappa shape index (κ2) is 7.06. The Kier molecular flexibility index (Phi) is 6.29. The van der Waals surface area contributed by atoms with E-state index >= 15 is 0 Å². The lowest BCUT2D eigenvalue weighted by atomic mass is 10.3. The van der Waals surface area contributed by atoms with Crippen molar-refractivity contribution in [3.8, 4) is 0 Å². The van der Waals surface area contributed by atoms with E-state index in [0.29, 0.717) is 5.75 Å². The Balaban J connectivity index is 3.11. The van der Waals surface area contributed by atoms with E-state index in [4.69, 9.17) is 0 Å². The first-order chi connectivity index (χ1) is 8.84. The smallest absolute Gasteiger partial charge is 0.207 e. The summed E-state index contributed by atoms with van der Waals surface area (Å²) >= 11 is 4.61. The fourth-order valence-corrected chi connectivity index (χ4v) is 4.30. The topological polar surface area (TPSA) is 37.4 Å². The van der Waals surface area contributed by atoms with Gasteiger partial charge in [-0.1, -0.05) is 6.92 Å². The summed E-state index contributed by atoms with van der Waals surface area (Å²) in [6, 6.07) is 3.77. The van der Waals surface area contributed by atoms with Crippen LogP contribution in [0.4, 0.5) is 4.39 Å². The van der Waals surface area contributed by atoms with E-state index in [1.807, 2.05) is 13.2 Å². The Bertz CT molecular complexity index is 537. The molecule has 0 aliphatic carbocycles. The highest BCUT2D eigenvalue weighted by Crippen LogP contribution is 2.23. The molecule has 1 aromatic carbocycles. The molecule has 7 heteroatoms. The molecule has 0 aromatic heterocycles. The van der Waals surface area contributed by atoms with Crippen molar-refractivity contribution in [3.63, 3.8) is 0 Å². The number of hydrogen-bond donors (Lipinski definition) is 0. The normalized spacial score (nSPS) is 13.8. The third-order valence-electron chi connectivity index (χ3n) is 2.91. The Morgan fingerprint density at radius 1 is 1.47 bits per heavy atom. The van der Waals surface area contributed by atoms with E-state index in [1.165, 1.54) is 16.4 Å². The molecular formula is C12H17BrFNO2S2. The molecule has 0 aliphatic heterocycles. The molecular weight excluding hydrogens is 353 g/mol. The van der Waals surface area contributed by atoms with Gasteiger partial charge in [-0.15, -0.1) is 0 Å². The van der Waals surface area contributed by atoms with E-state index in [0.717, 1.165) is 12.5 Å². The van der Waals surface area contributed by atoms with Crippen LogP contribution in [-0.4, -0.2) is 37.8 Å². The van der Waals surface area contributed by atoms with Crippen molar-refractivity contribution in [1.82, 2.24) is 4.31 Å². The van der Waals surface area contributed by atoms with Gasteiger partial charge in [0, 0.05) is 18.8 Å². The fourth-order valence-electron chi connectivity index (χ4n) is 1.67. The Morgan fingerprint density at radius 3 is 2.58 bits per heavy atom. The summed E-state index contributed by atoms with van der Waals surface area (Å²) in [4.78, 5) is -0.0183. The zero-order valence-electron chi connectivity index (χ0n) is 11.1. The first-order valence-corrected chi connectivity index (χ1v) is 9.39. The number of thioether (sulfide) groups is 1. The van der Waals surface area contributed by atoms with E-state index in [-0.39, 0.29) is 15.4 Å². The van der Waals surface area contributed by atoms with Gasteiger partial charge >= 0.3 is 0 Å². The van der Waals surface area contributed by atoms with Crippen LogP contribution in [-0.2, 0) is 10.0 Å². The molecule has 0 aliphatic rings. The van der Waals surface area contributed by atoms with E-state index in [9.17, 15) is 12.8 Å². The van der Waals surface area contributed by atoms with Crippen molar-refractivity contribution in [2.75, 3.05) is 19.1 Å². The van der Waals surface area contributed by atoms with Gasteiger partial charge in [-0.05, 0) is 46.8 Å². The maximum atomic E-state index is 13.5. The average molecular weight is 370 g/mol. The van der Waals surface area contributed by atoms with Crippen molar-refractivity contribution in [1.29, 1.82) is 0 Å². The molecule has 108 valence electrons. The van der Waals surface area contributed by atoms with Crippen LogP contribution in [0.25, 0.3) is 0 Å². The van der Waals surface area contributed by atoms with Crippen LogP contribution in [0, 0.1) is 5.82 Å².